The Morgan fingerprint density at radius 2 is 1.74 bits per heavy atom. The van der Waals surface area contributed by atoms with Gasteiger partial charge < -0.3 is 24.7 Å². The quantitative estimate of drug-likeness (QED) is 0.487. The van der Waals surface area contributed by atoms with Gasteiger partial charge in [0.1, 0.15) is 11.7 Å². The highest BCUT2D eigenvalue weighted by atomic mass is 16.6. The molecule has 2 aliphatic rings. The van der Waals surface area contributed by atoms with Gasteiger partial charge >= 0.3 is 6.01 Å². The lowest BCUT2D eigenvalue weighted by molar-refractivity contribution is -0.131. The molecule has 2 aromatic carbocycles. The molecule has 0 radical (unpaired) electrons. The summed E-state index contributed by atoms with van der Waals surface area (Å²) in [6.45, 7) is 3.30. The van der Waals surface area contributed by atoms with E-state index in [1.54, 1.807) is 17.7 Å². The number of fused-ring (bicyclic) bond motifs is 3. The molecular weight excluding hydrogens is 434 g/mol. The zero-order valence-electron chi connectivity index (χ0n) is 19.1. The SMILES string of the molecule is Cc1cn2c(nc1=O)O[C@@H]1[C@H]2O[C@](CN)(CCOCc2ccccc2)[C@H]1OCc1ccccc1. The summed E-state index contributed by atoms with van der Waals surface area (Å²) in [4.78, 5) is 16.1. The minimum Gasteiger partial charge on any atom is -0.453 e. The zero-order chi connectivity index (χ0) is 23.5. The van der Waals surface area contributed by atoms with E-state index in [9.17, 15) is 4.79 Å². The molecule has 5 rings (SSSR count). The van der Waals surface area contributed by atoms with Crippen LogP contribution in [0, 0.1) is 6.92 Å². The molecule has 2 N–H and O–H groups in total. The summed E-state index contributed by atoms with van der Waals surface area (Å²) < 4.78 is 26.8. The molecule has 3 heterocycles. The molecule has 8 heteroatoms. The van der Waals surface area contributed by atoms with Gasteiger partial charge in [-0.1, -0.05) is 60.7 Å². The van der Waals surface area contributed by atoms with Crippen molar-refractivity contribution in [1.82, 2.24) is 9.55 Å². The van der Waals surface area contributed by atoms with Crippen molar-refractivity contribution in [3.8, 4) is 6.01 Å². The van der Waals surface area contributed by atoms with E-state index < -0.39 is 24.0 Å². The van der Waals surface area contributed by atoms with Crippen LogP contribution < -0.4 is 16.0 Å². The molecule has 0 unspecified atom stereocenters. The Morgan fingerprint density at radius 3 is 2.41 bits per heavy atom. The summed E-state index contributed by atoms with van der Waals surface area (Å²) in [5.74, 6) is 0. The first kappa shape index (κ1) is 22.7. The van der Waals surface area contributed by atoms with Crippen LogP contribution in [0.5, 0.6) is 6.01 Å². The Hall–Kier alpha value is -3.04. The van der Waals surface area contributed by atoms with Crippen molar-refractivity contribution >= 4 is 0 Å². The molecule has 0 amide bonds. The predicted molar refractivity (Wildman–Crippen MR) is 125 cm³/mol. The smallest absolute Gasteiger partial charge is 0.302 e. The maximum atomic E-state index is 12.1. The minimum absolute atomic E-state index is 0.236. The fourth-order valence-electron chi connectivity index (χ4n) is 4.59. The first-order chi connectivity index (χ1) is 16.6. The van der Waals surface area contributed by atoms with Crippen molar-refractivity contribution in [3.63, 3.8) is 0 Å². The average Bonchev–Trinajstić information content (AvgIpc) is 3.35. The van der Waals surface area contributed by atoms with E-state index in [0.717, 1.165) is 11.1 Å². The molecule has 0 aliphatic carbocycles. The van der Waals surface area contributed by atoms with Crippen molar-refractivity contribution in [1.29, 1.82) is 0 Å². The van der Waals surface area contributed by atoms with Crippen LogP contribution in [0.4, 0.5) is 0 Å². The molecule has 8 nitrogen and oxygen atoms in total. The fourth-order valence-corrected chi connectivity index (χ4v) is 4.59. The molecule has 4 atom stereocenters. The van der Waals surface area contributed by atoms with Gasteiger partial charge in [0.05, 0.1) is 13.2 Å². The van der Waals surface area contributed by atoms with Crippen molar-refractivity contribution in [2.75, 3.05) is 13.2 Å². The van der Waals surface area contributed by atoms with Crippen molar-refractivity contribution < 1.29 is 18.9 Å². The van der Waals surface area contributed by atoms with Gasteiger partial charge in [0.2, 0.25) is 0 Å². The normalized spacial score (nSPS) is 25.1. The molecular formula is C26H29N3O5. The third-order valence-electron chi connectivity index (χ3n) is 6.46. The summed E-state index contributed by atoms with van der Waals surface area (Å²) in [5.41, 5.74) is 7.85. The van der Waals surface area contributed by atoms with Gasteiger partial charge in [-0.15, -0.1) is 0 Å². The summed E-state index contributed by atoms with van der Waals surface area (Å²) >= 11 is 0. The van der Waals surface area contributed by atoms with Gasteiger partial charge in [0.15, 0.2) is 12.3 Å². The van der Waals surface area contributed by atoms with E-state index in [1.807, 2.05) is 60.7 Å². The summed E-state index contributed by atoms with van der Waals surface area (Å²) in [7, 11) is 0. The molecule has 178 valence electrons. The highest BCUT2D eigenvalue weighted by molar-refractivity contribution is 5.19. The number of hydrogen-bond donors (Lipinski definition) is 1. The number of aromatic nitrogens is 2. The third kappa shape index (κ3) is 4.37. The Morgan fingerprint density at radius 1 is 1.06 bits per heavy atom. The van der Waals surface area contributed by atoms with Crippen LogP contribution in [0.15, 0.2) is 71.7 Å². The second kappa shape index (κ2) is 9.68. The van der Waals surface area contributed by atoms with E-state index in [1.165, 1.54) is 0 Å². The fraction of sp³-hybridized carbons (Fsp3) is 0.385. The lowest BCUT2D eigenvalue weighted by Crippen LogP contribution is -2.52. The van der Waals surface area contributed by atoms with Crippen LogP contribution in [-0.2, 0) is 27.4 Å². The first-order valence-corrected chi connectivity index (χ1v) is 11.5. The second-order valence-electron chi connectivity index (χ2n) is 8.78. The number of nitrogens with two attached hydrogens (primary N) is 1. The summed E-state index contributed by atoms with van der Waals surface area (Å²) in [5, 5.41) is 0. The van der Waals surface area contributed by atoms with Crippen molar-refractivity contribution in [2.45, 2.75) is 50.6 Å². The topological polar surface area (TPSA) is 97.8 Å². The van der Waals surface area contributed by atoms with Crippen LogP contribution in [0.1, 0.15) is 29.3 Å². The molecule has 0 bridgehead atoms. The monoisotopic (exact) mass is 463 g/mol. The molecule has 1 fully saturated rings. The Labute approximate surface area is 198 Å². The maximum absolute atomic E-state index is 12.1. The van der Waals surface area contributed by atoms with Gasteiger partial charge in [-0.25, -0.2) is 0 Å². The molecule has 0 saturated carbocycles. The third-order valence-corrected chi connectivity index (χ3v) is 6.46. The molecule has 1 aromatic heterocycles. The summed E-state index contributed by atoms with van der Waals surface area (Å²) in [6.07, 6.45) is 0.825. The predicted octanol–water partition coefficient (Wildman–Crippen LogP) is 2.73. The largest absolute Gasteiger partial charge is 0.453 e. The van der Waals surface area contributed by atoms with E-state index in [2.05, 4.69) is 4.98 Å². The van der Waals surface area contributed by atoms with E-state index in [4.69, 9.17) is 24.7 Å². The molecule has 2 aliphatic heterocycles. The number of rotatable bonds is 9. The van der Waals surface area contributed by atoms with E-state index in [0.29, 0.717) is 31.8 Å². The number of benzene rings is 2. The van der Waals surface area contributed by atoms with E-state index in [-0.39, 0.29) is 18.1 Å². The van der Waals surface area contributed by atoms with Gasteiger partial charge in [0.25, 0.3) is 5.56 Å². The van der Waals surface area contributed by atoms with Crippen LogP contribution in [0.3, 0.4) is 0 Å². The Bertz CT molecular complexity index is 1170. The average molecular weight is 464 g/mol. The van der Waals surface area contributed by atoms with Gasteiger partial charge in [-0.3, -0.25) is 9.36 Å². The standard InChI is InChI=1S/C26H29N3O5/c1-18-14-29-24-21(33-25(29)28-23(18)30)22(32-16-20-10-6-3-7-11-20)26(17-27,34-24)12-13-31-15-19-8-4-2-5-9-19/h2-11,14,21-22,24H,12-13,15-17,27H2,1H3/t21-,22-,24+,26-/m0/s1. The molecule has 34 heavy (non-hydrogen) atoms. The minimum atomic E-state index is -0.810. The number of nitrogens with zero attached hydrogens (tertiary/aromatic N) is 2. The van der Waals surface area contributed by atoms with Gasteiger partial charge in [-0.2, -0.15) is 4.98 Å². The second-order valence-corrected chi connectivity index (χ2v) is 8.78. The highest BCUT2D eigenvalue weighted by Crippen LogP contribution is 2.47. The van der Waals surface area contributed by atoms with Crippen LogP contribution >= 0.6 is 0 Å². The van der Waals surface area contributed by atoms with Crippen molar-refractivity contribution in [3.05, 3.63) is 93.9 Å². The first-order valence-electron chi connectivity index (χ1n) is 11.5. The molecule has 0 spiro atoms. The number of aryl methyl sites for hydroxylation is 1. The summed E-state index contributed by atoms with van der Waals surface area (Å²) in [6, 6.07) is 20.2. The van der Waals surface area contributed by atoms with Gasteiger partial charge in [0, 0.05) is 31.3 Å². The Balaban J connectivity index is 1.36. The lowest BCUT2D eigenvalue weighted by atomic mass is 9.91. The van der Waals surface area contributed by atoms with Gasteiger partial charge in [-0.05, 0) is 18.1 Å². The Kier molecular flexibility index (Phi) is 6.47. The maximum Gasteiger partial charge on any atom is 0.302 e. The van der Waals surface area contributed by atoms with Crippen molar-refractivity contribution in [2.24, 2.45) is 5.73 Å². The highest BCUT2D eigenvalue weighted by Gasteiger charge is 2.60. The van der Waals surface area contributed by atoms with Crippen LogP contribution in [0.2, 0.25) is 0 Å². The molecule has 1 saturated heterocycles. The van der Waals surface area contributed by atoms with Crippen LogP contribution in [-0.4, -0.2) is 40.5 Å². The number of ether oxygens (including phenoxy) is 4. The zero-order valence-corrected chi connectivity index (χ0v) is 19.1. The lowest BCUT2D eigenvalue weighted by Gasteiger charge is -2.34. The van der Waals surface area contributed by atoms with Crippen LogP contribution in [0.25, 0.3) is 0 Å². The number of hydrogen-bond acceptors (Lipinski definition) is 7. The van der Waals surface area contributed by atoms with E-state index >= 15 is 0 Å². The molecule has 3 aromatic rings.